The van der Waals surface area contributed by atoms with Crippen LogP contribution in [-0.2, 0) is 6.54 Å². The molecular formula is C18H23NOS. The summed E-state index contributed by atoms with van der Waals surface area (Å²) in [5, 5.41) is 3.49. The molecule has 2 aromatic carbocycles. The van der Waals surface area contributed by atoms with Crippen molar-refractivity contribution in [1.82, 2.24) is 0 Å². The molecule has 0 aliphatic heterocycles. The molecule has 2 nitrogen and oxygen atoms in total. The van der Waals surface area contributed by atoms with Crippen molar-refractivity contribution in [3.05, 3.63) is 54.1 Å². The lowest BCUT2D eigenvalue weighted by atomic mass is 10.2. The van der Waals surface area contributed by atoms with Crippen molar-refractivity contribution in [2.45, 2.75) is 31.2 Å². The molecule has 0 radical (unpaired) electrons. The molecule has 0 aliphatic rings. The van der Waals surface area contributed by atoms with E-state index in [1.807, 2.05) is 12.1 Å². The highest BCUT2D eigenvalue weighted by Gasteiger charge is 2.00. The van der Waals surface area contributed by atoms with Crippen LogP contribution in [0.2, 0.25) is 0 Å². The van der Waals surface area contributed by atoms with Crippen molar-refractivity contribution in [3.63, 3.8) is 0 Å². The summed E-state index contributed by atoms with van der Waals surface area (Å²) in [5.74, 6) is 0.955. The molecule has 2 aromatic rings. The fourth-order valence-corrected chi connectivity index (χ4v) is 2.60. The Hall–Kier alpha value is -1.61. The first-order valence-electron chi connectivity index (χ1n) is 7.42. The Morgan fingerprint density at radius 1 is 1.05 bits per heavy atom. The van der Waals surface area contributed by atoms with Gasteiger partial charge in [-0.3, -0.25) is 0 Å². The second-order valence-corrected chi connectivity index (χ2v) is 5.75. The molecule has 0 heterocycles. The van der Waals surface area contributed by atoms with Crippen LogP contribution >= 0.6 is 11.8 Å². The normalized spacial score (nSPS) is 10.4. The Morgan fingerprint density at radius 3 is 2.52 bits per heavy atom. The molecule has 1 N–H and O–H groups in total. The molecule has 0 bridgehead atoms. The third kappa shape index (κ3) is 5.01. The molecule has 21 heavy (non-hydrogen) atoms. The van der Waals surface area contributed by atoms with Crippen LogP contribution in [-0.4, -0.2) is 12.9 Å². The zero-order chi connectivity index (χ0) is 14.9. The quantitative estimate of drug-likeness (QED) is 0.535. The molecule has 0 unspecified atom stereocenters. The van der Waals surface area contributed by atoms with E-state index in [2.05, 4.69) is 54.9 Å². The van der Waals surface area contributed by atoms with Crippen LogP contribution in [0.1, 0.15) is 25.3 Å². The maximum atomic E-state index is 5.68. The Balaban J connectivity index is 1.88. The summed E-state index contributed by atoms with van der Waals surface area (Å²) in [5.41, 5.74) is 2.45. The van der Waals surface area contributed by atoms with Gasteiger partial charge in [0.15, 0.2) is 0 Å². The minimum absolute atomic E-state index is 0.801. The second kappa shape index (κ2) is 8.63. The molecule has 0 spiro atoms. The fourth-order valence-electron chi connectivity index (χ4n) is 2.03. The zero-order valence-electron chi connectivity index (χ0n) is 12.8. The topological polar surface area (TPSA) is 21.3 Å². The number of ether oxygens (including phenoxy) is 1. The Kier molecular flexibility index (Phi) is 6.48. The third-order valence-electron chi connectivity index (χ3n) is 3.28. The number of para-hydroxylation sites is 1. The molecule has 2 rings (SSSR count). The van der Waals surface area contributed by atoms with Gasteiger partial charge >= 0.3 is 0 Å². The molecule has 112 valence electrons. The van der Waals surface area contributed by atoms with Gasteiger partial charge in [-0.25, -0.2) is 0 Å². The molecular weight excluding hydrogens is 278 g/mol. The van der Waals surface area contributed by atoms with Gasteiger partial charge in [0.25, 0.3) is 0 Å². The first-order valence-corrected chi connectivity index (χ1v) is 8.64. The van der Waals surface area contributed by atoms with Gasteiger partial charge in [0, 0.05) is 17.1 Å². The van der Waals surface area contributed by atoms with Crippen LogP contribution in [0, 0.1) is 0 Å². The standard InChI is InChI=1S/C18H23NOS/c1-3-4-13-20-16-11-9-15(10-12-16)14-19-17-7-5-6-8-18(17)21-2/h5-12,19H,3-4,13-14H2,1-2H3. The van der Waals surface area contributed by atoms with Crippen molar-refractivity contribution in [2.24, 2.45) is 0 Å². The monoisotopic (exact) mass is 301 g/mol. The molecule has 3 heteroatoms. The van der Waals surface area contributed by atoms with Gasteiger partial charge in [-0.05, 0) is 42.5 Å². The minimum Gasteiger partial charge on any atom is -0.494 e. The molecule has 0 saturated carbocycles. The van der Waals surface area contributed by atoms with E-state index in [1.165, 1.54) is 16.1 Å². The van der Waals surface area contributed by atoms with Crippen molar-refractivity contribution in [2.75, 3.05) is 18.2 Å². The Bertz CT molecular complexity index is 539. The molecule has 0 amide bonds. The number of rotatable bonds is 8. The summed E-state index contributed by atoms with van der Waals surface area (Å²) in [6.45, 7) is 3.80. The average molecular weight is 301 g/mol. The summed E-state index contributed by atoms with van der Waals surface area (Å²) >= 11 is 1.76. The molecule has 0 atom stereocenters. The maximum Gasteiger partial charge on any atom is 0.119 e. The summed E-state index contributed by atoms with van der Waals surface area (Å²) in [7, 11) is 0. The third-order valence-corrected chi connectivity index (χ3v) is 4.08. The highest BCUT2D eigenvalue weighted by Crippen LogP contribution is 2.25. The first kappa shape index (κ1) is 15.8. The van der Waals surface area contributed by atoms with Crippen LogP contribution in [0.5, 0.6) is 5.75 Å². The maximum absolute atomic E-state index is 5.68. The van der Waals surface area contributed by atoms with E-state index < -0.39 is 0 Å². The van der Waals surface area contributed by atoms with E-state index in [-0.39, 0.29) is 0 Å². The second-order valence-electron chi connectivity index (χ2n) is 4.90. The minimum atomic E-state index is 0.801. The van der Waals surface area contributed by atoms with Gasteiger partial charge in [-0.1, -0.05) is 37.6 Å². The number of anilines is 1. The number of hydrogen-bond donors (Lipinski definition) is 1. The number of nitrogens with one attached hydrogen (secondary N) is 1. The van der Waals surface area contributed by atoms with Crippen LogP contribution in [0.4, 0.5) is 5.69 Å². The van der Waals surface area contributed by atoms with Gasteiger partial charge in [0.1, 0.15) is 5.75 Å². The predicted octanol–water partition coefficient (Wildman–Crippen LogP) is 5.20. The lowest BCUT2D eigenvalue weighted by molar-refractivity contribution is 0.309. The number of hydrogen-bond acceptors (Lipinski definition) is 3. The van der Waals surface area contributed by atoms with E-state index in [0.29, 0.717) is 0 Å². The summed E-state index contributed by atoms with van der Waals surface area (Å²) in [6, 6.07) is 16.7. The number of benzene rings is 2. The largest absolute Gasteiger partial charge is 0.494 e. The lowest BCUT2D eigenvalue weighted by Crippen LogP contribution is -2.01. The first-order chi connectivity index (χ1) is 10.3. The van der Waals surface area contributed by atoms with E-state index in [0.717, 1.165) is 31.7 Å². The molecule has 0 fully saturated rings. The van der Waals surface area contributed by atoms with Gasteiger partial charge in [0.05, 0.1) is 6.61 Å². The van der Waals surface area contributed by atoms with E-state index in [4.69, 9.17) is 4.74 Å². The van der Waals surface area contributed by atoms with E-state index >= 15 is 0 Å². The van der Waals surface area contributed by atoms with Crippen LogP contribution < -0.4 is 10.1 Å². The smallest absolute Gasteiger partial charge is 0.119 e. The van der Waals surface area contributed by atoms with Gasteiger partial charge in [0.2, 0.25) is 0 Å². The fraction of sp³-hybridized carbons (Fsp3) is 0.333. The van der Waals surface area contributed by atoms with Gasteiger partial charge in [-0.2, -0.15) is 0 Å². The highest BCUT2D eigenvalue weighted by molar-refractivity contribution is 7.98. The van der Waals surface area contributed by atoms with Crippen molar-refractivity contribution < 1.29 is 4.74 Å². The van der Waals surface area contributed by atoms with Gasteiger partial charge in [-0.15, -0.1) is 11.8 Å². The van der Waals surface area contributed by atoms with Crippen molar-refractivity contribution in [3.8, 4) is 5.75 Å². The van der Waals surface area contributed by atoms with E-state index in [1.54, 1.807) is 11.8 Å². The Labute approximate surface area is 131 Å². The summed E-state index contributed by atoms with van der Waals surface area (Å²) < 4.78 is 5.68. The van der Waals surface area contributed by atoms with Gasteiger partial charge < -0.3 is 10.1 Å². The predicted molar refractivity (Wildman–Crippen MR) is 92.4 cm³/mol. The summed E-state index contributed by atoms with van der Waals surface area (Å²) in [6.07, 6.45) is 4.37. The SMILES string of the molecule is CCCCOc1ccc(CNc2ccccc2SC)cc1. The van der Waals surface area contributed by atoms with Crippen molar-refractivity contribution in [1.29, 1.82) is 0 Å². The zero-order valence-corrected chi connectivity index (χ0v) is 13.6. The molecule has 0 saturated heterocycles. The van der Waals surface area contributed by atoms with Crippen LogP contribution in [0.15, 0.2) is 53.4 Å². The van der Waals surface area contributed by atoms with Crippen LogP contribution in [0.3, 0.4) is 0 Å². The lowest BCUT2D eigenvalue weighted by Gasteiger charge is -2.11. The van der Waals surface area contributed by atoms with Crippen molar-refractivity contribution >= 4 is 17.4 Å². The highest BCUT2D eigenvalue weighted by atomic mass is 32.2. The van der Waals surface area contributed by atoms with E-state index in [9.17, 15) is 0 Å². The number of unbranched alkanes of at least 4 members (excludes halogenated alkanes) is 1. The molecule has 0 aliphatic carbocycles. The Morgan fingerprint density at radius 2 is 1.81 bits per heavy atom. The number of thioether (sulfide) groups is 1. The van der Waals surface area contributed by atoms with Crippen LogP contribution in [0.25, 0.3) is 0 Å². The summed E-state index contributed by atoms with van der Waals surface area (Å²) in [4.78, 5) is 1.28. The average Bonchev–Trinajstić information content (AvgIpc) is 2.54. The molecule has 0 aromatic heterocycles.